The Hall–Kier alpha value is -2.61. The Bertz CT molecular complexity index is 943. The third-order valence-corrected chi connectivity index (χ3v) is 5.55. The van der Waals surface area contributed by atoms with E-state index in [0.717, 1.165) is 12.1 Å². The van der Waals surface area contributed by atoms with Crippen LogP contribution in [0.25, 0.3) is 0 Å². The first-order valence-electron chi connectivity index (χ1n) is 10.0. The molecule has 3 rings (SSSR count). The molecular formula is C23H26F3NO4. The number of carbonyl (C=O) groups excluding carboxylic acids is 2. The minimum absolute atomic E-state index is 0.0265. The first kappa shape index (κ1) is 23.1. The van der Waals surface area contributed by atoms with Gasteiger partial charge in [0.1, 0.15) is 6.61 Å². The number of hydrogen-bond acceptors (Lipinski definition) is 5. The van der Waals surface area contributed by atoms with E-state index >= 15 is 0 Å². The summed E-state index contributed by atoms with van der Waals surface area (Å²) in [5.41, 5.74) is 1.26. The van der Waals surface area contributed by atoms with Gasteiger partial charge in [-0.1, -0.05) is 26.0 Å². The van der Waals surface area contributed by atoms with E-state index in [4.69, 9.17) is 9.47 Å². The summed E-state index contributed by atoms with van der Waals surface area (Å²) in [5, 5.41) is 3.19. The number of dihydropyridines is 1. The molecule has 1 aromatic rings. The number of carbonyl (C=O) groups is 2. The zero-order chi connectivity index (χ0) is 23.0. The number of alkyl halides is 3. The monoisotopic (exact) mass is 437 g/mol. The summed E-state index contributed by atoms with van der Waals surface area (Å²) in [4.78, 5) is 26.0. The van der Waals surface area contributed by atoms with Gasteiger partial charge >= 0.3 is 12.1 Å². The molecule has 0 radical (unpaired) electrons. The Balaban J connectivity index is 2.09. The van der Waals surface area contributed by atoms with Gasteiger partial charge in [0.05, 0.1) is 17.7 Å². The lowest BCUT2D eigenvalue weighted by Gasteiger charge is -2.39. The quantitative estimate of drug-likeness (QED) is 0.543. The molecular weight excluding hydrogens is 411 g/mol. The van der Waals surface area contributed by atoms with Crippen molar-refractivity contribution in [1.82, 2.24) is 5.32 Å². The van der Waals surface area contributed by atoms with Gasteiger partial charge in [-0.3, -0.25) is 4.79 Å². The molecule has 0 saturated carbocycles. The fourth-order valence-corrected chi connectivity index (χ4v) is 4.20. The molecule has 1 N–H and O–H groups in total. The van der Waals surface area contributed by atoms with Crippen LogP contribution in [0.15, 0.2) is 46.8 Å². The summed E-state index contributed by atoms with van der Waals surface area (Å²) in [6.07, 6.45) is -3.60. The third-order valence-electron chi connectivity index (χ3n) is 5.55. The van der Waals surface area contributed by atoms with E-state index in [0.29, 0.717) is 29.0 Å². The molecule has 1 aliphatic carbocycles. The van der Waals surface area contributed by atoms with Crippen LogP contribution >= 0.6 is 0 Å². The number of hydrogen-bond donors (Lipinski definition) is 1. The maximum absolute atomic E-state index is 13.1. The molecule has 168 valence electrons. The highest BCUT2D eigenvalue weighted by Crippen LogP contribution is 2.47. The fraction of sp³-hybridized carbons (Fsp3) is 0.478. The lowest BCUT2D eigenvalue weighted by molar-refractivity contribution is -0.141. The predicted octanol–water partition coefficient (Wildman–Crippen LogP) is 4.50. The molecule has 0 spiro atoms. The molecule has 0 unspecified atom stereocenters. The number of Topliss-reactive ketones (excluding diaryl/α,β-unsaturated/α-hetero) is 1. The van der Waals surface area contributed by atoms with Crippen molar-refractivity contribution in [3.8, 4) is 0 Å². The lowest BCUT2D eigenvalue weighted by Crippen LogP contribution is -2.38. The van der Waals surface area contributed by atoms with Gasteiger partial charge in [-0.05, 0) is 36.5 Å². The molecule has 1 aromatic carbocycles. The number of allylic oxidation sites excluding steroid dienone is 3. The van der Waals surface area contributed by atoms with Gasteiger partial charge in [0.15, 0.2) is 5.78 Å². The Kier molecular flexibility index (Phi) is 6.32. The second-order valence-corrected chi connectivity index (χ2v) is 8.68. The SMILES string of the molecule is COCCOC(=O)C1=C(C)NC2=C(C(=O)CC(C)(C)C2)[C@@H]1c1ccc(C(F)(F)F)cc1. The topological polar surface area (TPSA) is 64.6 Å². The zero-order valence-corrected chi connectivity index (χ0v) is 18.0. The van der Waals surface area contributed by atoms with Crippen molar-refractivity contribution in [1.29, 1.82) is 0 Å². The molecule has 0 aromatic heterocycles. The number of halogens is 3. The maximum atomic E-state index is 13.1. The minimum atomic E-state index is -4.48. The van der Waals surface area contributed by atoms with E-state index < -0.39 is 23.6 Å². The van der Waals surface area contributed by atoms with Gasteiger partial charge < -0.3 is 14.8 Å². The van der Waals surface area contributed by atoms with Crippen molar-refractivity contribution in [2.75, 3.05) is 20.3 Å². The van der Waals surface area contributed by atoms with Crippen LogP contribution in [0.1, 0.15) is 50.7 Å². The second-order valence-electron chi connectivity index (χ2n) is 8.68. The number of rotatable bonds is 5. The summed E-state index contributed by atoms with van der Waals surface area (Å²) < 4.78 is 49.4. The highest BCUT2D eigenvalue weighted by Gasteiger charge is 2.43. The van der Waals surface area contributed by atoms with Gasteiger partial charge in [0, 0.05) is 36.4 Å². The third kappa shape index (κ3) is 4.84. The molecule has 5 nitrogen and oxygen atoms in total. The largest absolute Gasteiger partial charge is 0.460 e. The first-order valence-corrected chi connectivity index (χ1v) is 10.0. The highest BCUT2D eigenvalue weighted by atomic mass is 19.4. The molecule has 0 bridgehead atoms. The number of nitrogens with one attached hydrogen (secondary N) is 1. The van der Waals surface area contributed by atoms with Crippen LogP contribution < -0.4 is 5.32 Å². The number of methoxy groups -OCH3 is 1. The predicted molar refractivity (Wildman–Crippen MR) is 108 cm³/mol. The standard InChI is InChI=1S/C23H26F3NO4/c1-13-18(21(29)31-10-9-30-4)19(14-5-7-15(8-6-14)23(24,25)26)20-16(27-13)11-22(2,3)12-17(20)28/h5-8,19,27H,9-12H2,1-4H3/t19-/m1/s1. The Morgan fingerprint density at radius 2 is 1.81 bits per heavy atom. The molecule has 2 aliphatic rings. The van der Waals surface area contributed by atoms with Crippen LogP contribution in [0.4, 0.5) is 13.2 Å². The van der Waals surface area contributed by atoms with E-state index in [9.17, 15) is 22.8 Å². The lowest BCUT2D eigenvalue weighted by atomic mass is 9.68. The summed E-state index contributed by atoms with van der Waals surface area (Å²) in [7, 11) is 1.48. The molecule has 31 heavy (non-hydrogen) atoms. The average Bonchev–Trinajstić information content (AvgIpc) is 2.65. The van der Waals surface area contributed by atoms with Crippen molar-refractivity contribution in [2.45, 2.75) is 45.7 Å². The van der Waals surface area contributed by atoms with Crippen LogP contribution in [0.2, 0.25) is 0 Å². The van der Waals surface area contributed by atoms with E-state index in [2.05, 4.69) is 5.32 Å². The normalized spacial score (nSPS) is 21.0. The number of esters is 1. The zero-order valence-electron chi connectivity index (χ0n) is 18.0. The van der Waals surface area contributed by atoms with Crippen molar-refractivity contribution in [3.63, 3.8) is 0 Å². The smallest absolute Gasteiger partial charge is 0.416 e. The van der Waals surface area contributed by atoms with Crippen LogP contribution in [-0.2, 0) is 25.2 Å². The van der Waals surface area contributed by atoms with Gasteiger partial charge in [0.2, 0.25) is 0 Å². The van der Waals surface area contributed by atoms with Gasteiger partial charge in [-0.25, -0.2) is 4.79 Å². The van der Waals surface area contributed by atoms with Crippen molar-refractivity contribution in [3.05, 3.63) is 57.9 Å². The van der Waals surface area contributed by atoms with Gasteiger partial charge in [-0.2, -0.15) is 13.2 Å². The van der Waals surface area contributed by atoms with E-state index in [1.807, 2.05) is 13.8 Å². The van der Waals surface area contributed by atoms with E-state index in [1.165, 1.54) is 19.2 Å². The Morgan fingerprint density at radius 3 is 2.39 bits per heavy atom. The number of ether oxygens (including phenoxy) is 2. The fourth-order valence-electron chi connectivity index (χ4n) is 4.20. The first-order chi connectivity index (χ1) is 14.4. The van der Waals surface area contributed by atoms with Gasteiger partial charge in [-0.15, -0.1) is 0 Å². The summed E-state index contributed by atoms with van der Waals surface area (Å²) in [5.74, 6) is -1.55. The van der Waals surface area contributed by atoms with Crippen LogP contribution in [0.5, 0.6) is 0 Å². The van der Waals surface area contributed by atoms with E-state index in [-0.39, 0.29) is 36.4 Å². The van der Waals surface area contributed by atoms with Crippen molar-refractivity contribution in [2.24, 2.45) is 5.41 Å². The molecule has 1 atom stereocenters. The Labute approximate surface area is 179 Å². The van der Waals surface area contributed by atoms with Crippen molar-refractivity contribution >= 4 is 11.8 Å². The molecule has 0 fully saturated rings. The highest BCUT2D eigenvalue weighted by molar-refractivity contribution is 6.04. The average molecular weight is 437 g/mol. The number of benzene rings is 1. The minimum Gasteiger partial charge on any atom is -0.460 e. The summed E-state index contributed by atoms with van der Waals surface area (Å²) >= 11 is 0. The van der Waals surface area contributed by atoms with Gasteiger partial charge in [0.25, 0.3) is 0 Å². The van der Waals surface area contributed by atoms with E-state index in [1.54, 1.807) is 6.92 Å². The second kappa shape index (κ2) is 8.49. The number of ketones is 1. The molecule has 1 heterocycles. The molecule has 1 aliphatic heterocycles. The van der Waals surface area contributed by atoms with Crippen LogP contribution in [0, 0.1) is 5.41 Å². The molecule has 8 heteroatoms. The van der Waals surface area contributed by atoms with Crippen LogP contribution in [0.3, 0.4) is 0 Å². The molecule has 0 amide bonds. The molecule has 0 saturated heterocycles. The summed E-state index contributed by atoms with van der Waals surface area (Å²) in [6, 6.07) is 4.59. The maximum Gasteiger partial charge on any atom is 0.416 e. The Morgan fingerprint density at radius 1 is 1.16 bits per heavy atom. The van der Waals surface area contributed by atoms with Crippen LogP contribution in [-0.4, -0.2) is 32.1 Å². The van der Waals surface area contributed by atoms with Crippen molar-refractivity contribution < 1.29 is 32.2 Å². The summed E-state index contributed by atoms with van der Waals surface area (Å²) in [6.45, 7) is 5.91.